The van der Waals surface area contributed by atoms with Crippen molar-refractivity contribution in [1.29, 1.82) is 5.26 Å². The zero-order valence-electron chi connectivity index (χ0n) is 9.70. The van der Waals surface area contributed by atoms with E-state index in [4.69, 9.17) is 28.5 Å². The lowest BCUT2D eigenvalue weighted by molar-refractivity contribution is 0.860. The van der Waals surface area contributed by atoms with E-state index in [0.717, 1.165) is 4.57 Å². The summed E-state index contributed by atoms with van der Waals surface area (Å²) in [5, 5.41) is 9.02. The Kier molecular flexibility index (Phi) is 3.47. The molecular formula is C12H7Cl2N3O2. The Morgan fingerprint density at radius 3 is 2.63 bits per heavy atom. The maximum absolute atomic E-state index is 12.1. The van der Waals surface area contributed by atoms with Crippen LogP contribution in [0.15, 0.2) is 27.8 Å². The summed E-state index contributed by atoms with van der Waals surface area (Å²) < 4.78 is 0.852. The summed E-state index contributed by atoms with van der Waals surface area (Å²) in [7, 11) is 0. The molecule has 0 unspecified atom stereocenters. The maximum atomic E-state index is 12.1. The molecule has 5 nitrogen and oxygen atoms in total. The lowest BCUT2D eigenvalue weighted by Crippen LogP contribution is -2.35. The zero-order chi connectivity index (χ0) is 14.2. The van der Waals surface area contributed by atoms with Crippen LogP contribution in [0.2, 0.25) is 10.2 Å². The first-order chi connectivity index (χ1) is 8.95. The van der Waals surface area contributed by atoms with Gasteiger partial charge in [0.2, 0.25) is 0 Å². The molecule has 0 spiro atoms. The molecule has 7 heteroatoms. The fraction of sp³-hybridized carbons (Fsp3) is 0.0833. The van der Waals surface area contributed by atoms with Crippen LogP contribution in [-0.2, 0) is 0 Å². The third kappa shape index (κ3) is 2.28. The monoisotopic (exact) mass is 295 g/mol. The summed E-state index contributed by atoms with van der Waals surface area (Å²) in [6.07, 6.45) is 0. The molecule has 0 aliphatic heterocycles. The van der Waals surface area contributed by atoms with Gasteiger partial charge in [-0.25, -0.2) is 9.36 Å². The van der Waals surface area contributed by atoms with Gasteiger partial charge in [-0.3, -0.25) is 9.78 Å². The van der Waals surface area contributed by atoms with Gasteiger partial charge in [-0.05, 0) is 25.1 Å². The smallest absolute Gasteiger partial charge is 0.297 e. The summed E-state index contributed by atoms with van der Waals surface area (Å²) in [5.74, 6) is 0. The average molecular weight is 296 g/mol. The molecule has 0 aliphatic rings. The van der Waals surface area contributed by atoms with Crippen molar-refractivity contribution in [3.8, 4) is 11.8 Å². The first-order valence-electron chi connectivity index (χ1n) is 5.17. The van der Waals surface area contributed by atoms with Gasteiger partial charge < -0.3 is 0 Å². The molecule has 0 amide bonds. The topological polar surface area (TPSA) is 78.7 Å². The Morgan fingerprint density at radius 1 is 1.32 bits per heavy atom. The van der Waals surface area contributed by atoms with E-state index < -0.39 is 11.2 Å². The number of benzene rings is 1. The van der Waals surface area contributed by atoms with Gasteiger partial charge in [-0.1, -0.05) is 23.2 Å². The highest BCUT2D eigenvalue weighted by atomic mass is 35.5. The molecular weight excluding hydrogens is 289 g/mol. The zero-order valence-corrected chi connectivity index (χ0v) is 11.2. The van der Waals surface area contributed by atoms with Crippen molar-refractivity contribution in [2.24, 2.45) is 0 Å². The highest BCUT2D eigenvalue weighted by Crippen LogP contribution is 2.19. The van der Waals surface area contributed by atoms with Crippen molar-refractivity contribution in [2.75, 3.05) is 0 Å². The van der Waals surface area contributed by atoms with Crippen LogP contribution in [0.5, 0.6) is 0 Å². The van der Waals surface area contributed by atoms with Crippen LogP contribution in [0.3, 0.4) is 0 Å². The van der Waals surface area contributed by atoms with E-state index in [1.54, 1.807) is 0 Å². The second kappa shape index (κ2) is 4.92. The van der Waals surface area contributed by atoms with Gasteiger partial charge in [-0.15, -0.1) is 0 Å². The van der Waals surface area contributed by atoms with E-state index in [2.05, 4.69) is 4.98 Å². The fourth-order valence-electron chi connectivity index (χ4n) is 1.57. The molecule has 0 bridgehead atoms. The number of H-pyrrole nitrogens is 1. The number of nitrogens with zero attached hydrogens (tertiary/aromatic N) is 2. The highest BCUT2D eigenvalue weighted by Gasteiger charge is 2.13. The molecule has 19 heavy (non-hydrogen) atoms. The molecule has 1 heterocycles. The Bertz CT molecular complexity index is 815. The number of halogens is 2. The lowest BCUT2D eigenvalue weighted by atomic mass is 10.2. The first-order valence-corrected chi connectivity index (χ1v) is 5.92. The highest BCUT2D eigenvalue weighted by molar-refractivity contribution is 6.32. The van der Waals surface area contributed by atoms with Gasteiger partial charge in [0.25, 0.3) is 5.56 Å². The van der Waals surface area contributed by atoms with Crippen molar-refractivity contribution in [2.45, 2.75) is 6.92 Å². The minimum Gasteiger partial charge on any atom is -0.297 e. The average Bonchev–Trinajstić information content (AvgIpc) is 2.38. The van der Waals surface area contributed by atoms with Crippen molar-refractivity contribution in [3.63, 3.8) is 0 Å². The Balaban J connectivity index is 2.88. The summed E-state index contributed by atoms with van der Waals surface area (Å²) in [6.45, 7) is 1.49. The molecule has 1 aromatic heterocycles. The molecule has 1 N–H and O–H groups in total. The maximum Gasteiger partial charge on any atom is 0.334 e. The number of hydrogen-bond acceptors (Lipinski definition) is 3. The van der Waals surface area contributed by atoms with Crippen LogP contribution in [0, 0.1) is 18.3 Å². The van der Waals surface area contributed by atoms with Crippen molar-refractivity contribution < 1.29 is 0 Å². The minimum absolute atomic E-state index is 0.0150. The third-order valence-electron chi connectivity index (χ3n) is 2.59. The number of rotatable bonds is 1. The number of nitrogens with one attached hydrogen (secondary N) is 1. The van der Waals surface area contributed by atoms with Crippen LogP contribution in [0.4, 0.5) is 0 Å². The predicted molar refractivity (Wildman–Crippen MR) is 72.1 cm³/mol. The standard InChI is InChI=1S/C12H7Cl2N3O2/c1-6-10(14)16-12(19)17(11(6)18)9-4-7(5-15)2-3-8(9)13/h2-4H,1H3,(H,16,19). The molecule has 0 saturated carbocycles. The SMILES string of the molecule is Cc1c(Cl)[nH]c(=O)n(-c2cc(C#N)ccc2Cl)c1=O. The number of aromatic nitrogens is 2. The van der Waals surface area contributed by atoms with Crippen molar-refractivity contribution in [3.05, 3.63) is 60.3 Å². The molecule has 2 rings (SSSR count). The number of hydrogen-bond donors (Lipinski definition) is 1. The number of aromatic amines is 1. The predicted octanol–water partition coefficient (Wildman–Crippen LogP) is 2.01. The Hall–Kier alpha value is -2.03. The van der Waals surface area contributed by atoms with Crippen LogP contribution in [0.1, 0.15) is 11.1 Å². The van der Waals surface area contributed by atoms with Gasteiger partial charge >= 0.3 is 5.69 Å². The van der Waals surface area contributed by atoms with E-state index in [9.17, 15) is 9.59 Å². The summed E-state index contributed by atoms with van der Waals surface area (Å²) in [4.78, 5) is 26.3. The minimum atomic E-state index is -0.711. The van der Waals surface area contributed by atoms with E-state index in [0.29, 0.717) is 5.56 Å². The van der Waals surface area contributed by atoms with Gasteiger partial charge in [0.1, 0.15) is 5.15 Å². The molecule has 0 saturated heterocycles. The molecule has 1 aromatic carbocycles. The quantitative estimate of drug-likeness (QED) is 0.818. The molecule has 0 atom stereocenters. The van der Waals surface area contributed by atoms with Crippen molar-refractivity contribution >= 4 is 23.2 Å². The van der Waals surface area contributed by atoms with Crippen LogP contribution < -0.4 is 11.2 Å². The normalized spacial score (nSPS) is 10.2. The van der Waals surface area contributed by atoms with E-state index >= 15 is 0 Å². The Morgan fingerprint density at radius 2 is 2.00 bits per heavy atom. The molecule has 0 fully saturated rings. The first kappa shape index (κ1) is 13.4. The van der Waals surface area contributed by atoms with Gasteiger partial charge in [0.05, 0.1) is 27.9 Å². The molecule has 0 radical (unpaired) electrons. The van der Waals surface area contributed by atoms with Crippen molar-refractivity contribution in [1.82, 2.24) is 9.55 Å². The summed E-state index contributed by atoms with van der Waals surface area (Å²) >= 11 is 11.7. The Labute approximate surface area is 117 Å². The molecule has 96 valence electrons. The van der Waals surface area contributed by atoms with Crippen LogP contribution in [0.25, 0.3) is 5.69 Å². The van der Waals surface area contributed by atoms with E-state index in [1.165, 1.54) is 25.1 Å². The lowest BCUT2D eigenvalue weighted by Gasteiger charge is -2.08. The number of nitriles is 1. The fourth-order valence-corrected chi connectivity index (χ4v) is 1.93. The second-order valence-corrected chi connectivity index (χ2v) is 4.57. The molecule has 2 aromatic rings. The summed E-state index contributed by atoms with van der Waals surface area (Å²) in [6, 6.07) is 6.23. The summed E-state index contributed by atoms with van der Waals surface area (Å²) in [5.41, 5.74) is -0.659. The van der Waals surface area contributed by atoms with Gasteiger partial charge in [0.15, 0.2) is 0 Å². The van der Waals surface area contributed by atoms with Gasteiger partial charge in [0, 0.05) is 0 Å². The van der Waals surface area contributed by atoms with Crippen LogP contribution in [-0.4, -0.2) is 9.55 Å². The van der Waals surface area contributed by atoms with E-state index in [1.807, 2.05) is 6.07 Å². The van der Waals surface area contributed by atoms with Crippen LogP contribution >= 0.6 is 23.2 Å². The second-order valence-electron chi connectivity index (χ2n) is 3.79. The van der Waals surface area contributed by atoms with E-state index in [-0.39, 0.29) is 21.4 Å². The third-order valence-corrected chi connectivity index (χ3v) is 3.29. The largest absolute Gasteiger partial charge is 0.334 e. The van der Waals surface area contributed by atoms with Gasteiger partial charge in [-0.2, -0.15) is 5.26 Å². The molecule has 0 aliphatic carbocycles.